The summed E-state index contributed by atoms with van der Waals surface area (Å²) in [7, 11) is 1.58. The van der Waals surface area contributed by atoms with Crippen LogP contribution >= 0.6 is 11.6 Å². The molecule has 0 saturated heterocycles. The zero-order chi connectivity index (χ0) is 13.8. The van der Waals surface area contributed by atoms with Crippen LogP contribution in [-0.4, -0.2) is 37.0 Å². The van der Waals surface area contributed by atoms with E-state index in [1.54, 1.807) is 19.2 Å². The molecule has 4 nitrogen and oxygen atoms in total. The molecule has 0 bridgehead atoms. The predicted molar refractivity (Wildman–Crippen MR) is 76.9 cm³/mol. The molecule has 0 unspecified atom stereocenters. The van der Waals surface area contributed by atoms with E-state index in [2.05, 4.69) is 5.32 Å². The van der Waals surface area contributed by atoms with Crippen LogP contribution in [0.15, 0.2) is 18.2 Å². The van der Waals surface area contributed by atoms with Crippen molar-refractivity contribution in [2.45, 2.75) is 25.8 Å². The summed E-state index contributed by atoms with van der Waals surface area (Å²) in [6.45, 7) is 3.09. The van der Waals surface area contributed by atoms with Gasteiger partial charge >= 0.3 is 0 Å². The molecule has 104 valence electrons. The molecule has 0 atom stereocenters. The van der Waals surface area contributed by atoms with Crippen LogP contribution in [0.25, 0.3) is 0 Å². The summed E-state index contributed by atoms with van der Waals surface area (Å²) < 4.78 is 5.09. The molecule has 1 aliphatic rings. The molecule has 2 rings (SSSR count). The number of anilines is 1. The van der Waals surface area contributed by atoms with Gasteiger partial charge in [-0.2, -0.15) is 0 Å². The van der Waals surface area contributed by atoms with Crippen molar-refractivity contribution in [3.63, 3.8) is 0 Å². The van der Waals surface area contributed by atoms with Crippen molar-refractivity contribution < 1.29 is 9.53 Å². The summed E-state index contributed by atoms with van der Waals surface area (Å²) >= 11 is 6.03. The first kappa shape index (κ1) is 14.0. The second-order valence-electron chi connectivity index (χ2n) is 4.61. The molecule has 1 aliphatic carbocycles. The Bertz CT molecular complexity index is 461. The van der Waals surface area contributed by atoms with E-state index in [0.29, 0.717) is 23.4 Å². The molecule has 0 aliphatic heterocycles. The number of hydrogen-bond acceptors (Lipinski definition) is 3. The first-order valence-corrected chi connectivity index (χ1v) is 6.90. The molecule has 1 N–H and O–H groups in total. The Morgan fingerprint density at radius 1 is 1.53 bits per heavy atom. The Kier molecular flexibility index (Phi) is 4.53. The molecular weight excluding hydrogens is 264 g/mol. The molecule has 1 amide bonds. The molecule has 1 aromatic rings. The Morgan fingerprint density at radius 3 is 2.79 bits per heavy atom. The van der Waals surface area contributed by atoms with Crippen LogP contribution in [0.5, 0.6) is 5.75 Å². The standard InChI is InChI=1S/C14H19ClN2O2/c1-3-17(11-5-6-11)14(18)9-16-10-4-7-13(19-2)12(15)8-10/h4,7-8,11,16H,3,5-6,9H2,1-2H3. The third-order valence-corrected chi connectivity index (χ3v) is 3.54. The van der Waals surface area contributed by atoms with Crippen LogP contribution in [-0.2, 0) is 4.79 Å². The maximum Gasteiger partial charge on any atom is 0.242 e. The first-order valence-electron chi connectivity index (χ1n) is 6.52. The number of hydrogen-bond donors (Lipinski definition) is 1. The largest absolute Gasteiger partial charge is 0.495 e. The van der Waals surface area contributed by atoms with Gasteiger partial charge < -0.3 is 15.0 Å². The summed E-state index contributed by atoms with van der Waals surface area (Å²) in [6, 6.07) is 5.86. The van der Waals surface area contributed by atoms with Gasteiger partial charge in [0.05, 0.1) is 18.7 Å². The number of methoxy groups -OCH3 is 1. The highest BCUT2D eigenvalue weighted by atomic mass is 35.5. The molecule has 1 saturated carbocycles. The zero-order valence-corrected chi connectivity index (χ0v) is 12.0. The highest BCUT2D eigenvalue weighted by Gasteiger charge is 2.30. The highest BCUT2D eigenvalue weighted by Crippen LogP contribution is 2.28. The van der Waals surface area contributed by atoms with Gasteiger partial charge in [0.25, 0.3) is 0 Å². The molecule has 0 spiro atoms. The van der Waals surface area contributed by atoms with Gasteiger partial charge in [0.15, 0.2) is 0 Å². The van der Waals surface area contributed by atoms with E-state index in [1.165, 1.54) is 0 Å². The maximum atomic E-state index is 12.0. The van der Waals surface area contributed by atoms with E-state index >= 15 is 0 Å². The van der Waals surface area contributed by atoms with Crippen molar-refractivity contribution in [3.05, 3.63) is 23.2 Å². The van der Waals surface area contributed by atoms with Crippen molar-refractivity contribution in [1.29, 1.82) is 0 Å². The van der Waals surface area contributed by atoms with E-state index in [0.717, 1.165) is 25.1 Å². The van der Waals surface area contributed by atoms with Gasteiger partial charge in [0, 0.05) is 18.3 Å². The minimum Gasteiger partial charge on any atom is -0.495 e. The Hall–Kier alpha value is -1.42. The summed E-state index contributed by atoms with van der Waals surface area (Å²) in [5, 5.41) is 3.64. The third kappa shape index (κ3) is 3.53. The summed E-state index contributed by atoms with van der Waals surface area (Å²) in [5.74, 6) is 0.767. The number of ether oxygens (including phenoxy) is 1. The number of carbonyl (C=O) groups is 1. The normalized spacial score (nSPS) is 14.1. The van der Waals surface area contributed by atoms with Crippen LogP contribution in [0.1, 0.15) is 19.8 Å². The summed E-state index contributed by atoms with van der Waals surface area (Å²) in [6.07, 6.45) is 2.27. The van der Waals surface area contributed by atoms with Gasteiger partial charge in [-0.25, -0.2) is 0 Å². The molecule has 0 aromatic heterocycles. The molecule has 5 heteroatoms. The van der Waals surface area contributed by atoms with E-state index in [1.807, 2.05) is 17.9 Å². The second kappa shape index (κ2) is 6.15. The third-order valence-electron chi connectivity index (χ3n) is 3.24. The van der Waals surface area contributed by atoms with Crippen molar-refractivity contribution in [2.75, 3.05) is 25.5 Å². The van der Waals surface area contributed by atoms with E-state index in [4.69, 9.17) is 16.3 Å². The summed E-state index contributed by atoms with van der Waals surface area (Å²) in [4.78, 5) is 14.0. The van der Waals surface area contributed by atoms with Gasteiger partial charge in [-0.3, -0.25) is 4.79 Å². The lowest BCUT2D eigenvalue weighted by atomic mass is 10.3. The van der Waals surface area contributed by atoms with E-state index in [-0.39, 0.29) is 5.91 Å². The molecule has 1 aromatic carbocycles. The first-order chi connectivity index (χ1) is 9.15. The van der Waals surface area contributed by atoms with E-state index in [9.17, 15) is 4.79 Å². The lowest BCUT2D eigenvalue weighted by molar-refractivity contribution is -0.129. The number of rotatable bonds is 6. The van der Waals surface area contributed by atoms with E-state index < -0.39 is 0 Å². The fourth-order valence-corrected chi connectivity index (χ4v) is 2.34. The van der Waals surface area contributed by atoms with Gasteiger partial charge in [-0.15, -0.1) is 0 Å². The summed E-state index contributed by atoms with van der Waals surface area (Å²) in [5.41, 5.74) is 0.825. The Morgan fingerprint density at radius 2 is 2.26 bits per heavy atom. The monoisotopic (exact) mass is 282 g/mol. The van der Waals surface area contributed by atoms with Crippen LogP contribution < -0.4 is 10.1 Å². The highest BCUT2D eigenvalue weighted by molar-refractivity contribution is 6.32. The Labute approximate surface area is 118 Å². The van der Waals surface area contributed by atoms with Gasteiger partial charge in [0.1, 0.15) is 5.75 Å². The Balaban J connectivity index is 1.91. The van der Waals surface area contributed by atoms with Gasteiger partial charge in [-0.1, -0.05) is 11.6 Å². The molecule has 0 radical (unpaired) electrons. The number of benzene rings is 1. The predicted octanol–water partition coefficient (Wildman–Crippen LogP) is 2.77. The van der Waals surface area contributed by atoms with Crippen molar-refractivity contribution in [1.82, 2.24) is 4.90 Å². The zero-order valence-electron chi connectivity index (χ0n) is 11.3. The van der Waals surface area contributed by atoms with Gasteiger partial charge in [0.2, 0.25) is 5.91 Å². The minimum absolute atomic E-state index is 0.136. The van der Waals surface area contributed by atoms with Crippen molar-refractivity contribution >= 4 is 23.2 Å². The van der Waals surface area contributed by atoms with Crippen LogP contribution in [0.4, 0.5) is 5.69 Å². The van der Waals surface area contributed by atoms with Crippen molar-refractivity contribution in [2.24, 2.45) is 0 Å². The lowest BCUT2D eigenvalue weighted by Crippen LogP contribution is -2.37. The maximum absolute atomic E-state index is 12.0. The smallest absolute Gasteiger partial charge is 0.242 e. The molecule has 1 fully saturated rings. The van der Waals surface area contributed by atoms with Crippen LogP contribution in [0.3, 0.4) is 0 Å². The SMILES string of the molecule is CCN(C(=O)CNc1ccc(OC)c(Cl)c1)C1CC1. The lowest BCUT2D eigenvalue weighted by Gasteiger charge is -2.20. The van der Waals surface area contributed by atoms with Gasteiger partial charge in [-0.05, 0) is 38.0 Å². The fourth-order valence-electron chi connectivity index (χ4n) is 2.08. The number of amides is 1. The molecule has 0 heterocycles. The van der Waals surface area contributed by atoms with Crippen molar-refractivity contribution in [3.8, 4) is 5.75 Å². The number of nitrogens with one attached hydrogen (secondary N) is 1. The number of carbonyl (C=O) groups excluding carboxylic acids is 1. The quantitative estimate of drug-likeness (QED) is 0.872. The van der Waals surface area contributed by atoms with Crippen LogP contribution in [0.2, 0.25) is 5.02 Å². The topological polar surface area (TPSA) is 41.6 Å². The number of nitrogens with zero attached hydrogens (tertiary/aromatic N) is 1. The number of likely N-dealkylation sites (N-methyl/N-ethyl adjacent to an activating group) is 1. The second-order valence-corrected chi connectivity index (χ2v) is 5.02. The fraction of sp³-hybridized carbons (Fsp3) is 0.500. The van der Waals surface area contributed by atoms with Crippen LogP contribution in [0, 0.1) is 0 Å². The molecule has 19 heavy (non-hydrogen) atoms. The molecular formula is C14H19ClN2O2. The minimum atomic E-state index is 0.136. The number of halogens is 1. The average molecular weight is 283 g/mol. The average Bonchev–Trinajstić information content (AvgIpc) is 3.22.